The summed E-state index contributed by atoms with van der Waals surface area (Å²) in [6.45, 7) is 0. The molecule has 4 nitrogen and oxygen atoms in total. The lowest BCUT2D eigenvalue weighted by atomic mass is 10.1. The highest BCUT2D eigenvalue weighted by Crippen LogP contribution is 2.10. The van der Waals surface area contributed by atoms with Crippen LogP contribution in [0.5, 0.6) is 0 Å². The fraction of sp³-hybridized carbons (Fsp3) is 0.133. The van der Waals surface area contributed by atoms with Crippen molar-refractivity contribution < 1.29 is 8.42 Å². The molecule has 0 radical (unpaired) electrons. The zero-order chi connectivity index (χ0) is 14.4. The number of hydrogen-bond donors (Lipinski definition) is 1. The minimum absolute atomic E-state index is 0.160. The standard InChI is InChI=1S/C15H14N2O2S/c16-12-14(11-13-7-3-1-4-8-13)17-20(18,19)15-9-5-2-6-10-15/h1-10,14,17H,11H2/t14-/m0/s1. The quantitative estimate of drug-likeness (QED) is 0.915. The minimum Gasteiger partial charge on any atom is -0.207 e. The fourth-order valence-electron chi connectivity index (χ4n) is 1.82. The van der Waals surface area contributed by atoms with Crippen LogP contribution in [0.4, 0.5) is 0 Å². The summed E-state index contributed by atoms with van der Waals surface area (Å²) in [5, 5.41) is 9.12. The normalized spacial score (nSPS) is 12.6. The van der Waals surface area contributed by atoms with E-state index in [1.807, 2.05) is 36.4 Å². The van der Waals surface area contributed by atoms with Crippen molar-refractivity contribution >= 4 is 10.0 Å². The molecular formula is C15H14N2O2S. The van der Waals surface area contributed by atoms with Gasteiger partial charge in [-0.15, -0.1) is 0 Å². The van der Waals surface area contributed by atoms with Crippen LogP contribution in [-0.2, 0) is 16.4 Å². The molecule has 0 fully saturated rings. The Kier molecular flexibility index (Phi) is 4.51. The maximum atomic E-state index is 12.1. The van der Waals surface area contributed by atoms with Crippen molar-refractivity contribution in [1.29, 1.82) is 5.26 Å². The summed E-state index contributed by atoms with van der Waals surface area (Å²) in [5.74, 6) is 0. The van der Waals surface area contributed by atoms with Gasteiger partial charge in [0.25, 0.3) is 0 Å². The third kappa shape index (κ3) is 3.67. The second-order valence-corrected chi connectivity index (χ2v) is 6.02. The molecule has 2 rings (SSSR count). The lowest BCUT2D eigenvalue weighted by molar-refractivity contribution is 0.571. The largest absolute Gasteiger partial charge is 0.241 e. The van der Waals surface area contributed by atoms with Gasteiger partial charge in [0.1, 0.15) is 6.04 Å². The summed E-state index contributed by atoms with van der Waals surface area (Å²) in [6, 6.07) is 18.5. The van der Waals surface area contributed by atoms with Gasteiger partial charge in [-0.25, -0.2) is 8.42 Å². The molecular weight excluding hydrogens is 272 g/mol. The Hall–Kier alpha value is -2.16. The van der Waals surface area contributed by atoms with Gasteiger partial charge in [-0.05, 0) is 17.7 Å². The first-order chi connectivity index (χ1) is 9.62. The first kappa shape index (κ1) is 14.3. The molecule has 20 heavy (non-hydrogen) atoms. The van der Waals surface area contributed by atoms with E-state index in [4.69, 9.17) is 5.26 Å². The van der Waals surface area contributed by atoms with E-state index in [0.717, 1.165) is 5.56 Å². The predicted octanol–water partition coefficient (Wildman–Crippen LogP) is 2.10. The molecule has 0 aliphatic rings. The lowest BCUT2D eigenvalue weighted by Crippen LogP contribution is -2.35. The van der Waals surface area contributed by atoms with Crippen LogP contribution in [0, 0.1) is 11.3 Å². The molecule has 0 spiro atoms. The van der Waals surface area contributed by atoms with Crippen LogP contribution in [0.3, 0.4) is 0 Å². The predicted molar refractivity (Wildman–Crippen MR) is 76.3 cm³/mol. The molecule has 1 atom stereocenters. The van der Waals surface area contributed by atoms with Crippen molar-refractivity contribution in [2.75, 3.05) is 0 Å². The molecule has 0 saturated heterocycles. The Balaban J connectivity index is 2.13. The molecule has 2 aromatic carbocycles. The van der Waals surface area contributed by atoms with Crippen LogP contribution in [0.25, 0.3) is 0 Å². The van der Waals surface area contributed by atoms with E-state index in [1.165, 1.54) is 12.1 Å². The average molecular weight is 286 g/mol. The lowest BCUT2D eigenvalue weighted by Gasteiger charge is -2.12. The van der Waals surface area contributed by atoms with Gasteiger partial charge < -0.3 is 0 Å². The van der Waals surface area contributed by atoms with Crippen LogP contribution < -0.4 is 4.72 Å². The van der Waals surface area contributed by atoms with Crippen LogP contribution in [-0.4, -0.2) is 14.5 Å². The van der Waals surface area contributed by atoms with Gasteiger partial charge >= 0.3 is 0 Å². The van der Waals surface area contributed by atoms with Gasteiger partial charge in [-0.2, -0.15) is 9.98 Å². The molecule has 0 saturated carbocycles. The van der Waals surface area contributed by atoms with E-state index in [1.54, 1.807) is 18.2 Å². The number of nitrogens with one attached hydrogen (secondary N) is 1. The number of nitrogens with zero attached hydrogens (tertiary/aromatic N) is 1. The van der Waals surface area contributed by atoms with Crippen molar-refractivity contribution in [3.05, 3.63) is 66.2 Å². The maximum absolute atomic E-state index is 12.1. The summed E-state index contributed by atoms with van der Waals surface area (Å²) in [6.07, 6.45) is 0.337. The molecule has 0 amide bonds. The van der Waals surface area contributed by atoms with Gasteiger partial charge in [-0.1, -0.05) is 48.5 Å². The van der Waals surface area contributed by atoms with Crippen molar-refractivity contribution in [2.45, 2.75) is 17.4 Å². The van der Waals surface area contributed by atoms with Crippen LogP contribution in [0.15, 0.2) is 65.6 Å². The minimum atomic E-state index is -3.66. The third-order valence-corrected chi connectivity index (χ3v) is 4.28. The fourth-order valence-corrected chi connectivity index (χ4v) is 2.98. The molecule has 0 aliphatic carbocycles. The Morgan fingerprint density at radius 3 is 2.10 bits per heavy atom. The molecule has 0 aromatic heterocycles. The Morgan fingerprint density at radius 2 is 1.55 bits per heavy atom. The Morgan fingerprint density at radius 1 is 1.00 bits per heavy atom. The first-order valence-electron chi connectivity index (χ1n) is 6.13. The van der Waals surface area contributed by atoms with E-state index < -0.39 is 16.1 Å². The summed E-state index contributed by atoms with van der Waals surface area (Å²) in [7, 11) is -3.66. The molecule has 1 N–H and O–H groups in total. The van der Waals surface area contributed by atoms with Gasteiger partial charge in [0.15, 0.2) is 0 Å². The molecule has 5 heteroatoms. The molecule has 2 aromatic rings. The van der Waals surface area contributed by atoms with E-state index >= 15 is 0 Å². The van der Waals surface area contributed by atoms with E-state index in [2.05, 4.69) is 4.72 Å². The van der Waals surface area contributed by atoms with Crippen LogP contribution >= 0.6 is 0 Å². The summed E-state index contributed by atoms with van der Waals surface area (Å²) in [4.78, 5) is 0.160. The second-order valence-electron chi connectivity index (χ2n) is 4.31. The summed E-state index contributed by atoms with van der Waals surface area (Å²) < 4.78 is 26.7. The number of nitriles is 1. The highest BCUT2D eigenvalue weighted by Gasteiger charge is 2.19. The Labute approximate surface area is 118 Å². The van der Waals surface area contributed by atoms with Crippen molar-refractivity contribution in [3.8, 4) is 6.07 Å². The molecule has 0 bridgehead atoms. The summed E-state index contributed by atoms with van der Waals surface area (Å²) >= 11 is 0. The number of rotatable bonds is 5. The van der Waals surface area contributed by atoms with Crippen molar-refractivity contribution in [3.63, 3.8) is 0 Å². The van der Waals surface area contributed by atoms with E-state index in [0.29, 0.717) is 6.42 Å². The van der Waals surface area contributed by atoms with Gasteiger partial charge in [0, 0.05) is 6.42 Å². The number of hydrogen-bond acceptors (Lipinski definition) is 3. The van der Waals surface area contributed by atoms with Crippen LogP contribution in [0.2, 0.25) is 0 Å². The zero-order valence-corrected chi connectivity index (χ0v) is 11.5. The SMILES string of the molecule is N#C[C@H](Cc1ccccc1)NS(=O)(=O)c1ccccc1. The number of benzene rings is 2. The maximum Gasteiger partial charge on any atom is 0.241 e. The average Bonchev–Trinajstić information content (AvgIpc) is 2.48. The summed E-state index contributed by atoms with van der Waals surface area (Å²) in [5.41, 5.74) is 0.912. The van der Waals surface area contributed by atoms with Gasteiger partial charge in [0.2, 0.25) is 10.0 Å². The third-order valence-electron chi connectivity index (χ3n) is 2.79. The zero-order valence-electron chi connectivity index (χ0n) is 10.7. The number of sulfonamides is 1. The second kappa shape index (κ2) is 6.33. The molecule has 0 aliphatic heterocycles. The molecule has 0 unspecified atom stereocenters. The van der Waals surface area contributed by atoms with Gasteiger partial charge in [-0.3, -0.25) is 0 Å². The monoisotopic (exact) mass is 286 g/mol. The highest BCUT2D eigenvalue weighted by atomic mass is 32.2. The van der Waals surface area contributed by atoms with E-state index in [9.17, 15) is 8.42 Å². The smallest absolute Gasteiger partial charge is 0.207 e. The van der Waals surface area contributed by atoms with Gasteiger partial charge in [0.05, 0.1) is 11.0 Å². The Bertz CT molecular complexity index is 692. The van der Waals surface area contributed by atoms with Crippen molar-refractivity contribution in [2.24, 2.45) is 0 Å². The molecule has 0 heterocycles. The highest BCUT2D eigenvalue weighted by molar-refractivity contribution is 7.89. The topological polar surface area (TPSA) is 70.0 Å². The van der Waals surface area contributed by atoms with Crippen LogP contribution in [0.1, 0.15) is 5.56 Å². The molecule has 102 valence electrons. The van der Waals surface area contributed by atoms with Crippen molar-refractivity contribution in [1.82, 2.24) is 4.72 Å². The van der Waals surface area contributed by atoms with E-state index in [-0.39, 0.29) is 4.90 Å². The first-order valence-corrected chi connectivity index (χ1v) is 7.61.